The summed E-state index contributed by atoms with van der Waals surface area (Å²) >= 11 is 0. The molecule has 2 rings (SSSR count). The van der Waals surface area contributed by atoms with Gasteiger partial charge >= 0.3 is 12.1 Å². The zero-order valence-corrected chi connectivity index (χ0v) is 14.9. The topological polar surface area (TPSA) is 49.9 Å². The van der Waals surface area contributed by atoms with Crippen LogP contribution < -0.4 is 4.90 Å². The largest absolute Gasteiger partial charge is 0.452 e. The molecule has 0 atom stereocenters. The maximum atomic E-state index is 12.8. The zero-order valence-electron chi connectivity index (χ0n) is 14.9. The van der Waals surface area contributed by atoms with Crippen molar-refractivity contribution in [2.45, 2.75) is 13.1 Å². The highest BCUT2D eigenvalue weighted by atomic mass is 19.4. The number of hydrogen-bond donors (Lipinski definition) is 0. The van der Waals surface area contributed by atoms with Crippen LogP contribution in [-0.4, -0.2) is 49.6 Å². The van der Waals surface area contributed by atoms with Crippen LogP contribution in [0.15, 0.2) is 48.6 Å². The van der Waals surface area contributed by atoms with Crippen LogP contribution in [0.1, 0.15) is 12.5 Å². The first kappa shape index (κ1) is 20.5. The first-order valence-corrected chi connectivity index (χ1v) is 8.47. The fourth-order valence-electron chi connectivity index (χ4n) is 2.61. The fraction of sp³-hybridized carbons (Fsp3) is 0.368. The average molecular weight is 382 g/mol. The predicted octanol–water partition coefficient (Wildman–Crippen LogP) is 3.03. The summed E-state index contributed by atoms with van der Waals surface area (Å²) in [5, 5.41) is 0. The summed E-state index contributed by atoms with van der Waals surface area (Å²) in [6.45, 7) is 2.95. The van der Waals surface area contributed by atoms with Crippen molar-refractivity contribution in [3.8, 4) is 0 Å². The van der Waals surface area contributed by atoms with Crippen molar-refractivity contribution in [2.75, 3.05) is 37.7 Å². The third-order valence-corrected chi connectivity index (χ3v) is 4.04. The van der Waals surface area contributed by atoms with E-state index in [0.717, 1.165) is 12.1 Å². The molecule has 0 saturated carbocycles. The molecule has 0 radical (unpaired) electrons. The van der Waals surface area contributed by atoms with Crippen molar-refractivity contribution in [1.82, 2.24) is 4.90 Å². The number of allylic oxidation sites excluding steroid dienone is 3. The molecular weight excluding hydrogens is 361 g/mol. The minimum Gasteiger partial charge on any atom is -0.452 e. The molecule has 0 unspecified atom stereocenters. The van der Waals surface area contributed by atoms with Gasteiger partial charge in [0.2, 0.25) is 0 Å². The minimum atomic E-state index is -4.39. The summed E-state index contributed by atoms with van der Waals surface area (Å²) < 4.78 is 43.4. The Morgan fingerprint density at radius 1 is 1.15 bits per heavy atom. The molecule has 1 aromatic rings. The standard InChI is InChI=1S/C19H21F3N2O3/c1-2-3-4-8-18(26)27-14-17(25)24-11-9-23(10-12-24)16-7-5-6-15(13-16)19(20,21)22/h2-8,13H,9-12,14H2,1H3/b3-2+,8-4+. The number of anilines is 1. The van der Waals surface area contributed by atoms with Crippen LogP contribution >= 0.6 is 0 Å². The molecule has 1 amide bonds. The molecule has 0 N–H and O–H groups in total. The number of carbonyl (C=O) groups is 2. The molecule has 27 heavy (non-hydrogen) atoms. The molecule has 1 saturated heterocycles. The number of benzene rings is 1. The highest BCUT2D eigenvalue weighted by molar-refractivity contribution is 5.86. The van der Waals surface area contributed by atoms with Gasteiger partial charge in [0.25, 0.3) is 5.91 Å². The molecule has 1 aliphatic rings. The van der Waals surface area contributed by atoms with Crippen LogP contribution in [0.4, 0.5) is 18.9 Å². The van der Waals surface area contributed by atoms with Gasteiger partial charge in [-0.3, -0.25) is 4.79 Å². The number of esters is 1. The molecule has 0 aromatic heterocycles. The number of ether oxygens (including phenoxy) is 1. The third-order valence-electron chi connectivity index (χ3n) is 4.04. The van der Waals surface area contributed by atoms with Crippen molar-refractivity contribution >= 4 is 17.6 Å². The highest BCUT2D eigenvalue weighted by Gasteiger charge is 2.31. The minimum absolute atomic E-state index is 0.327. The molecule has 0 bridgehead atoms. The summed E-state index contributed by atoms with van der Waals surface area (Å²) in [6, 6.07) is 5.13. The lowest BCUT2D eigenvalue weighted by atomic mass is 10.1. The number of amides is 1. The Balaban J connectivity index is 1.84. The Morgan fingerprint density at radius 3 is 2.48 bits per heavy atom. The quantitative estimate of drug-likeness (QED) is 0.446. The number of nitrogens with zero attached hydrogens (tertiary/aromatic N) is 2. The fourth-order valence-corrected chi connectivity index (χ4v) is 2.61. The van der Waals surface area contributed by atoms with Crippen LogP contribution in [0.3, 0.4) is 0 Å². The van der Waals surface area contributed by atoms with Gasteiger partial charge in [-0.15, -0.1) is 0 Å². The lowest BCUT2D eigenvalue weighted by molar-refractivity contribution is -0.148. The summed E-state index contributed by atoms with van der Waals surface area (Å²) in [4.78, 5) is 26.9. The van der Waals surface area contributed by atoms with Crippen molar-refractivity contribution in [3.63, 3.8) is 0 Å². The van der Waals surface area contributed by atoms with E-state index in [1.165, 1.54) is 23.1 Å². The Morgan fingerprint density at radius 2 is 1.85 bits per heavy atom. The van der Waals surface area contributed by atoms with Crippen molar-refractivity contribution in [1.29, 1.82) is 0 Å². The van der Waals surface area contributed by atoms with E-state index in [2.05, 4.69) is 0 Å². The lowest BCUT2D eigenvalue weighted by Crippen LogP contribution is -2.49. The normalized spacial score (nSPS) is 15.6. The molecule has 1 aliphatic heterocycles. The van der Waals surface area contributed by atoms with Gasteiger partial charge in [0, 0.05) is 37.9 Å². The predicted molar refractivity (Wildman–Crippen MR) is 95.2 cm³/mol. The summed E-state index contributed by atoms with van der Waals surface area (Å²) in [7, 11) is 0. The van der Waals surface area contributed by atoms with Crippen molar-refractivity contribution in [3.05, 3.63) is 54.1 Å². The van der Waals surface area contributed by atoms with Gasteiger partial charge in [0.05, 0.1) is 5.56 Å². The van der Waals surface area contributed by atoms with Crippen LogP contribution in [0, 0.1) is 0 Å². The van der Waals surface area contributed by atoms with Crippen LogP contribution in [-0.2, 0) is 20.5 Å². The van der Waals surface area contributed by atoms with Gasteiger partial charge in [-0.1, -0.05) is 24.3 Å². The maximum absolute atomic E-state index is 12.8. The average Bonchev–Trinajstić information content (AvgIpc) is 2.66. The number of rotatable bonds is 5. The van der Waals surface area contributed by atoms with Gasteiger partial charge < -0.3 is 14.5 Å². The smallest absolute Gasteiger partial charge is 0.416 e. The second-order valence-electron chi connectivity index (χ2n) is 5.91. The maximum Gasteiger partial charge on any atom is 0.416 e. The third kappa shape index (κ3) is 6.16. The molecule has 1 heterocycles. The number of hydrogen-bond acceptors (Lipinski definition) is 4. The zero-order chi connectivity index (χ0) is 19.9. The van der Waals surface area contributed by atoms with E-state index in [4.69, 9.17) is 4.74 Å². The monoisotopic (exact) mass is 382 g/mol. The van der Waals surface area contributed by atoms with Crippen LogP contribution in [0.2, 0.25) is 0 Å². The van der Waals surface area contributed by atoms with E-state index in [1.54, 1.807) is 30.0 Å². The molecule has 146 valence electrons. The van der Waals surface area contributed by atoms with E-state index in [0.29, 0.717) is 31.9 Å². The van der Waals surface area contributed by atoms with Crippen molar-refractivity contribution < 1.29 is 27.5 Å². The van der Waals surface area contributed by atoms with E-state index in [1.807, 2.05) is 0 Å². The first-order chi connectivity index (χ1) is 12.8. The number of carbonyl (C=O) groups excluding carboxylic acids is 2. The van der Waals surface area contributed by atoms with Gasteiger partial charge in [-0.05, 0) is 25.1 Å². The summed E-state index contributed by atoms with van der Waals surface area (Å²) in [5.41, 5.74) is -0.228. The van der Waals surface area contributed by atoms with E-state index in [-0.39, 0.29) is 12.5 Å². The SMILES string of the molecule is C/C=C/C=C/C(=O)OCC(=O)N1CCN(c2cccc(C(F)(F)F)c2)CC1. The number of alkyl halides is 3. The second kappa shape index (κ2) is 9.25. The first-order valence-electron chi connectivity index (χ1n) is 8.47. The van der Waals surface area contributed by atoms with E-state index in [9.17, 15) is 22.8 Å². The van der Waals surface area contributed by atoms with Crippen molar-refractivity contribution in [2.24, 2.45) is 0 Å². The Labute approximate surface area is 155 Å². The molecule has 0 aliphatic carbocycles. The van der Waals surface area contributed by atoms with Gasteiger partial charge in [-0.25, -0.2) is 4.79 Å². The highest BCUT2D eigenvalue weighted by Crippen LogP contribution is 2.31. The van der Waals surface area contributed by atoms with Gasteiger partial charge in [-0.2, -0.15) is 13.2 Å². The number of piperazine rings is 1. The molecule has 0 spiro atoms. The Kier molecular flexibility index (Phi) is 7.04. The van der Waals surface area contributed by atoms with Crippen LogP contribution in [0.25, 0.3) is 0 Å². The molecule has 1 aromatic carbocycles. The molecule has 5 nitrogen and oxygen atoms in total. The molecule has 8 heteroatoms. The molecule has 1 fully saturated rings. The number of halogens is 3. The summed E-state index contributed by atoms with van der Waals surface area (Å²) in [6.07, 6.45) is 1.76. The second-order valence-corrected chi connectivity index (χ2v) is 5.91. The Hall–Kier alpha value is -2.77. The summed E-state index contributed by atoms with van der Waals surface area (Å²) in [5.74, 6) is -0.935. The van der Waals surface area contributed by atoms with E-state index >= 15 is 0 Å². The van der Waals surface area contributed by atoms with E-state index < -0.39 is 17.7 Å². The Bertz CT molecular complexity index is 721. The lowest BCUT2D eigenvalue weighted by Gasteiger charge is -2.36. The molecular formula is C19H21F3N2O3. The van der Waals surface area contributed by atoms with Crippen LogP contribution in [0.5, 0.6) is 0 Å². The van der Waals surface area contributed by atoms with Gasteiger partial charge in [0.15, 0.2) is 6.61 Å². The van der Waals surface area contributed by atoms with Gasteiger partial charge in [0.1, 0.15) is 0 Å².